The van der Waals surface area contributed by atoms with Crippen LogP contribution in [0.4, 0.5) is 10.2 Å². The Balaban J connectivity index is 2.06. The van der Waals surface area contributed by atoms with Crippen molar-refractivity contribution in [3.63, 3.8) is 0 Å². The van der Waals surface area contributed by atoms with Gasteiger partial charge >= 0.3 is 0 Å². The second-order valence-electron chi connectivity index (χ2n) is 4.06. The maximum absolute atomic E-state index is 13.5. The Hall–Kier alpha value is -2.16. The fourth-order valence-corrected chi connectivity index (χ4v) is 1.82. The molecule has 2 N–H and O–H groups in total. The highest BCUT2D eigenvalue weighted by atomic mass is 35.5. The van der Waals surface area contributed by atoms with Crippen molar-refractivity contribution in [3.8, 4) is 6.07 Å². The molecule has 0 bridgehead atoms. The number of hydrogen-bond donors (Lipinski definition) is 2. The average Bonchev–Trinajstić information content (AvgIpc) is 2.46. The number of rotatable bonds is 4. The van der Waals surface area contributed by atoms with Crippen LogP contribution in [0.25, 0.3) is 0 Å². The number of anilines is 1. The second-order valence-corrected chi connectivity index (χ2v) is 4.46. The van der Waals surface area contributed by atoms with Crippen LogP contribution in [-0.2, 0) is 0 Å². The van der Waals surface area contributed by atoms with Gasteiger partial charge in [-0.15, -0.1) is 0 Å². The first-order valence-electron chi connectivity index (χ1n) is 5.85. The lowest BCUT2D eigenvalue weighted by atomic mass is 10.1. The Kier molecular flexibility index (Phi) is 4.51. The van der Waals surface area contributed by atoms with E-state index in [-0.39, 0.29) is 22.8 Å². The van der Waals surface area contributed by atoms with Crippen LogP contribution in [0, 0.1) is 17.1 Å². The monoisotopic (exact) mass is 291 g/mol. The van der Waals surface area contributed by atoms with E-state index in [0.717, 1.165) is 0 Å². The van der Waals surface area contributed by atoms with Gasteiger partial charge in [0.2, 0.25) is 0 Å². The molecule has 1 heterocycles. The van der Waals surface area contributed by atoms with E-state index in [1.165, 1.54) is 18.2 Å². The average molecular weight is 292 g/mol. The molecule has 0 aliphatic rings. The summed E-state index contributed by atoms with van der Waals surface area (Å²) in [5.74, 6) is -0.0788. The summed E-state index contributed by atoms with van der Waals surface area (Å²) in [4.78, 5) is 3.97. The minimum absolute atomic E-state index is 0.0699. The summed E-state index contributed by atoms with van der Waals surface area (Å²) in [6.45, 7) is 0.0699. The van der Waals surface area contributed by atoms with E-state index in [2.05, 4.69) is 10.3 Å². The van der Waals surface area contributed by atoms with Crippen molar-refractivity contribution in [1.82, 2.24) is 4.98 Å². The van der Waals surface area contributed by atoms with Crippen molar-refractivity contribution in [2.75, 3.05) is 11.9 Å². The molecular formula is C14H11ClFN3O. The third kappa shape index (κ3) is 3.23. The minimum atomic E-state index is -1.01. The van der Waals surface area contributed by atoms with Gasteiger partial charge in [0.05, 0.1) is 11.1 Å². The Morgan fingerprint density at radius 3 is 2.80 bits per heavy atom. The third-order valence-corrected chi connectivity index (χ3v) is 3.00. The molecule has 0 saturated heterocycles. The zero-order valence-corrected chi connectivity index (χ0v) is 11.1. The van der Waals surface area contributed by atoms with Crippen LogP contribution in [0.2, 0.25) is 5.02 Å². The number of nitrogens with one attached hydrogen (secondary N) is 1. The Bertz CT molecular complexity index is 657. The van der Waals surface area contributed by atoms with Gasteiger partial charge in [-0.2, -0.15) is 5.26 Å². The van der Waals surface area contributed by atoms with Crippen LogP contribution in [0.1, 0.15) is 17.4 Å². The summed E-state index contributed by atoms with van der Waals surface area (Å²) >= 11 is 5.76. The SMILES string of the molecule is N#Cc1nc(NCC(O)c2ccccc2F)ccc1Cl. The Labute approximate surface area is 120 Å². The molecular weight excluding hydrogens is 281 g/mol. The lowest BCUT2D eigenvalue weighted by molar-refractivity contribution is 0.186. The van der Waals surface area contributed by atoms with Crippen molar-refractivity contribution in [1.29, 1.82) is 5.26 Å². The number of nitrogens with zero attached hydrogens (tertiary/aromatic N) is 2. The van der Waals surface area contributed by atoms with Crippen LogP contribution in [0.15, 0.2) is 36.4 Å². The van der Waals surface area contributed by atoms with Crippen LogP contribution in [0.3, 0.4) is 0 Å². The summed E-state index contributed by atoms with van der Waals surface area (Å²) in [6, 6.07) is 11.0. The van der Waals surface area contributed by atoms with E-state index >= 15 is 0 Å². The van der Waals surface area contributed by atoms with E-state index in [1.54, 1.807) is 18.2 Å². The van der Waals surface area contributed by atoms with Crippen molar-refractivity contribution < 1.29 is 9.50 Å². The van der Waals surface area contributed by atoms with Gasteiger partial charge in [0, 0.05) is 12.1 Å². The molecule has 0 radical (unpaired) electrons. The van der Waals surface area contributed by atoms with E-state index in [1.807, 2.05) is 6.07 Å². The molecule has 2 aromatic rings. The lowest BCUT2D eigenvalue weighted by Crippen LogP contribution is -2.14. The molecule has 0 saturated carbocycles. The molecule has 1 unspecified atom stereocenters. The highest BCUT2D eigenvalue weighted by Crippen LogP contribution is 2.19. The van der Waals surface area contributed by atoms with E-state index in [9.17, 15) is 9.50 Å². The fraction of sp³-hybridized carbons (Fsp3) is 0.143. The van der Waals surface area contributed by atoms with Crippen LogP contribution in [-0.4, -0.2) is 16.6 Å². The Morgan fingerprint density at radius 2 is 2.10 bits per heavy atom. The van der Waals surface area contributed by atoms with Gasteiger partial charge in [0.15, 0.2) is 5.69 Å². The van der Waals surface area contributed by atoms with Crippen LogP contribution < -0.4 is 5.32 Å². The summed E-state index contributed by atoms with van der Waals surface area (Å²) in [5.41, 5.74) is 0.298. The first-order valence-corrected chi connectivity index (χ1v) is 6.22. The van der Waals surface area contributed by atoms with Crippen molar-refractivity contribution >= 4 is 17.4 Å². The van der Waals surface area contributed by atoms with Crippen molar-refractivity contribution in [2.24, 2.45) is 0 Å². The van der Waals surface area contributed by atoms with Gasteiger partial charge in [-0.1, -0.05) is 29.8 Å². The molecule has 1 aromatic heterocycles. The van der Waals surface area contributed by atoms with Crippen molar-refractivity contribution in [3.05, 3.63) is 58.5 Å². The quantitative estimate of drug-likeness (QED) is 0.909. The summed E-state index contributed by atoms with van der Waals surface area (Å²) in [5, 5.41) is 21.8. The highest BCUT2D eigenvalue weighted by molar-refractivity contribution is 6.31. The molecule has 20 heavy (non-hydrogen) atoms. The first-order chi connectivity index (χ1) is 9.61. The van der Waals surface area contributed by atoms with Gasteiger partial charge in [0.25, 0.3) is 0 Å². The van der Waals surface area contributed by atoms with Gasteiger partial charge < -0.3 is 10.4 Å². The molecule has 6 heteroatoms. The summed E-state index contributed by atoms with van der Waals surface area (Å²) in [7, 11) is 0. The molecule has 0 fully saturated rings. The first kappa shape index (κ1) is 14.3. The molecule has 2 rings (SSSR count). The van der Waals surface area contributed by atoms with Gasteiger partial charge in [0.1, 0.15) is 17.7 Å². The number of hydrogen-bond acceptors (Lipinski definition) is 4. The summed E-state index contributed by atoms with van der Waals surface area (Å²) < 4.78 is 13.5. The zero-order valence-electron chi connectivity index (χ0n) is 10.3. The molecule has 0 spiro atoms. The highest BCUT2D eigenvalue weighted by Gasteiger charge is 2.12. The van der Waals surface area contributed by atoms with E-state index < -0.39 is 11.9 Å². The van der Waals surface area contributed by atoms with Gasteiger partial charge in [-0.05, 0) is 18.2 Å². The lowest BCUT2D eigenvalue weighted by Gasteiger charge is -2.13. The second kappa shape index (κ2) is 6.33. The molecule has 1 atom stereocenters. The number of halogens is 2. The fourth-order valence-electron chi connectivity index (χ4n) is 1.68. The predicted octanol–water partition coefficient (Wildman–Crippen LogP) is 2.89. The number of benzene rings is 1. The van der Waals surface area contributed by atoms with Gasteiger partial charge in [-0.25, -0.2) is 9.37 Å². The summed E-state index contributed by atoms with van der Waals surface area (Å²) in [6.07, 6.45) is -1.01. The minimum Gasteiger partial charge on any atom is -0.386 e. The normalized spacial score (nSPS) is 11.7. The Morgan fingerprint density at radius 1 is 1.35 bits per heavy atom. The topological polar surface area (TPSA) is 68.9 Å². The number of aliphatic hydroxyl groups is 1. The zero-order chi connectivity index (χ0) is 14.5. The smallest absolute Gasteiger partial charge is 0.161 e. The van der Waals surface area contributed by atoms with Crippen molar-refractivity contribution in [2.45, 2.75) is 6.10 Å². The standard InChI is InChI=1S/C14H11ClFN3O/c15-10-5-6-14(19-12(10)7-17)18-8-13(20)9-3-1-2-4-11(9)16/h1-6,13,20H,8H2,(H,18,19). The predicted molar refractivity (Wildman–Crippen MR) is 73.8 cm³/mol. The maximum atomic E-state index is 13.5. The van der Waals surface area contributed by atoms with Crippen LogP contribution in [0.5, 0.6) is 0 Å². The molecule has 4 nitrogen and oxygen atoms in total. The van der Waals surface area contributed by atoms with Crippen LogP contribution >= 0.6 is 11.6 Å². The number of aromatic nitrogens is 1. The number of aliphatic hydroxyl groups excluding tert-OH is 1. The molecule has 0 aliphatic carbocycles. The molecule has 1 aromatic carbocycles. The maximum Gasteiger partial charge on any atom is 0.161 e. The number of pyridine rings is 1. The molecule has 102 valence electrons. The van der Waals surface area contributed by atoms with Gasteiger partial charge in [-0.3, -0.25) is 0 Å². The third-order valence-electron chi connectivity index (χ3n) is 2.69. The number of nitriles is 1. The molecule has 0 amide bonds. The largest absolute Gasteiger partial charge is 0.386 e. The van der Waals surface area contributed by atoms with E-state index in [0.29, 0.717) is 5.82 Å². The molecule has 0 aliphatic heterocycles. The van der Waals surface area contributed by atoms with E-state index in [4.69, 9.17) is 16.9 Å².